The molecule has 1 heterocycles. The second-order valence-electron chi connectivity index (χ2n) is 3.53. The normalized spacial score (nSPS) is 33.7. The summed E-state index contributed by atoms with van der Waals surface area (Å²) in [6.45, 7) is 1.89. The highest BCUT2D eigenvalue weighted by Crippen LogP contribution is 2.25. The van der Waals surface area contributed by atoms with Gasteiger partial charge in [-0.15, -0.1) is 0 Å². The van der Waals surface area contributed by atoms with Gasteiger partial charge in [0, 0.05) is 19.1 Å². The van der Waals surface area contributed by atoms with E-state index in [2.05, 4.69) is 11.0 Å². The minimum atomic E-state index is -0.218. The van der Waals surface area contributed by atoms with E-state index in [9.17, 15) is 5.11 Å². The topological polar surface area (TPSA) is 23.5 Å². The predicted octanol–water partition coefficient (Wildman–Crippen LogP) is 0.772. The Labute approximate surface area is 67.5 Å². The van der Waals surface area contributed by atoms with Crippen molar-refractivity contribution < 1.29 is 5.11 Å². The fourth-order valence-electron chi connectivity index (χ4n) is 1.78. The van der Waals surface area contributed by atoms with E-state index >= 15 is 0 Å². The lowest BCUT2D eigenvalue weighted by molar-refractivity contribution is 0.0790. The molecule has 11 heavy (non-hydrogen) atoms. The van der Waals surface area contributed by atoms with Gasteiger partial charge in [0.25, 0.3) is 0 Å². The first-order valence-corrected chi connectivity index (χ1v) is 4.45. The van der Waals surface area contributed by atoms with Gasteiger partial charge in [-0.25, -0.2) is 0 Å². The summed E-state index contributed by atoms with van der Waals surface area (Å²) in [5.74, 6) is 0. The SMILES string of the molecule is O[C@H]1C=CCN(C2CCC2)C1. The summed E-state index contributed by atoms with van der Waals surface area (Å²) in [6.07, 6.45) is 7.80. The van der Waals surface area contributed by atoms with Crippen LogP contribution in [-0.4, -0.2) is 35.2 Å². The highest BCUT2D eigenvalue weighted by atomic mass is 16.3. The largest absolute Gasteiger partial charge is 0.388 e. The van der Waals surface area contributed by atoms with E-state index in [0.717, 1.165) is 19.1 Å². The smallest absolute Gasteiger partial charge is 0.0848 e. The molecule has 1 fully saturated rings. The van der Waals surface area contributed by atoms with Crippen LogP contribution in [0.2, 0.25) is 0 Å². The third kappa shape index (κ3) is 1.47. The van der Waals surface area contributed by atoms with Gasteiger partial charge in [0.15, 0.2) is 0 Å². The van der Waals surface area contributed by atoms with Crippen LogP contribution >= 0.6 is 0 Å². The number of hydrogen-bond acceptors (Lipinski definition) is 2. The molecular formula is C9H15NO. The van der Waals surface area contributed by atoms with E-state index in [-0.39, 0.29) is 6.10 Å². The van der Waals surface area contributed by atoms with E-state index in [0.29, 0.717) is 0 Å². The lowest BCUT2D eigenvalue weighted by Gasteiger charge is -2.39. The van der Waals surface area contributed by atoms with Gasteiger partial charge >= 0.3 is 0 Å². The Morgan fingerprint density at radius 3 is 2.73 bits per heavy atom. The van der Waals surface area contributed by atoms with Crippen LogP contribution in [0, 0.1) is 0 Å². The molecule has 0 unspecified atom stereocenters. The van der Waals surface area contributed by atoms with Crippen LogP contribution in [-0.2, 0) is 0 Å². The fraction of sp³-hybridized carbons (Fsp3) is 0.778. The van der Waals surface area contributed by atoms with Crippen molar-refractivity contribution in [2.45, 2.75) is 31.4 Å². The molecule has 2 rings (SSSR count). The minimum absolute atomic E-state index is 0.218. The molecule has 0 aromatic carbocycles. The second-order valence-corrected chi connectivity index (χ2v) is 3.53. The lowest BCUT2D eigenvalue weighted by Crippen LogP contribution is -2.45. The monoisotopic (exact) mass is 153 g/mol. The summed E-state index contributed by atoms with van der Waals surface area (Å²) in [4.78, 5) is 2.38. The van der Waals surface area contributed by atoms with Gasteiger partial charge in [0.2, 0.25) is 0 Å². The zero-order valence-electron chi connectivity index (χ0n) is 6.74. The highest BCUT2D eigenvalue weighted by Gasteiger charge is 2.26. The number of rotatable bonds is 1. The van der Waals surface area contributed by atoms with E-state index in [1.165, 1.54) is 19.3 Å². The maximum atomic E-state index is 9.32. The molecule has 2 aliphatic rings. The molecule has 0 amide bonds. The molecule has 0 saturated heterocycles. The van der Waals surface area contributed by atoms with Gasteiger partial charge in [-0.3, -0.25) is 4.90 Å². The van der Waals surface area contributed by atoms with Crippen LogP contribution in [0.1, 0.15) is 19.3 Å². The molecule has 0 spiro atoms. The van der Waals surface area contributed by atoms with Crippen molar-refractivity contribution in [3.8, 4) is 0 Å². The summed E-state index contributed by atoms with van der Waals surface area (Å²) >= 11 is 0. The quantitative estimate of drug-likeness (QED) is 0.562. The van der Waals surface area contributed by atoms with Crippen LogP contribution in [0.5, 0.6) is 0 Å². The summed E-state index contributed by atoms with van der Waals surface area (Å²) in [5.41, 5.74) is 0. The van der Waals surface area contributed by atoms with Gasteiger partial charge in [0.05, 0.1) is 6.10 Å². The first-order chi connectivity index (χ1) is 5.36. The Bertz CT molecular complexity index is 163. The third-order valence-corrected chi connectivity index (χ3v) is 2.71. The molecule has 2 nitrogen and oxygen atoms in total. The Kier molecular flexibility index (Phi) is 1.96. The molecule has 1 atom stereocenters. The molecule has 0 aromatic rings. The predicted molar refractivity (Wildman–Crippen MR) is 44.4 cm³/mol. The zero-order chi connectivity index (χ0) is 7.68. The lowest BCUT2D eigenvalue weighted by atomic mass is 9.90. The molecule has 1 aliphatic heterocycles. The molecule has 0 radical (unpaired) electrons. The first kappa shape index (κ1) is 7.32. The minimum Gasteiger partial charge on any atom is -0.388 e. The molecule has 1 N–H and O–H groups in total. The van der Waals surface area contributed by atoms with Crippen molar-refractivity contribution in [2.24, 2.45) is 0 Å². The average Bonchev–Trinajstić information content (AvgIpc) is 1.83. The van der Waals surface area contributed by atoms with Gasteiger partial charge in [-0.2, -0.15) is 0 Å². The van der Waals surface area contributed by atoms with Crippen LogP contribution in [0.15, 0.2) is 12.2 Å². The summed E-state index contributed by atoms with van der Waals surface area (Å²) in [5, 5.41) is 9.32. The fourth-order valence-corrected chi connectivity index (χ4v) is 1.78. The van der Waals surface area contributed by atoms with Gasteiger partial charge in [0.1, 0.15) is 0 Å². The van der Waals surface area contributed by atoms with Crippen molar-refractivity contribution in [1.82, 2.24) is 4.90 Å². The molecule has 1 aliphatic carbocycles. The van der Waals surface area contributed by atoms with Crippen LogP contribution < -0.4 is 0 Å². The van der Waals surface area contributed by atoms with E-state index in [4.69, 9.17) is 0 Å². The zero-order valence-corrected chi connectivity index (χ0v) is 6.74. The number of aliphatic hydroxyl groups is 1. The molecule has 0 bridgehead atoms. The summed E-state index contributed by atoms with van der Waals surface area (Å²) < 4.78 is 0. The molecule has 62 valence electrons. The Balaban J connectivity index is 1.89. The average molecular weight is 153 g/mol. The molecule has 1 saturated carbocycles. The molecule has 2 heteroatoms. The van der Waals surface area contributed by atoms with Gasteiger partial charge in [-0.05, 0) is 12.8 Å². The van der Waals surface area contributed by atoms with Crippen LogP contribution in [0.4, 0.5) is 0 Å². The summed E-state index contributed by atoms with van der Waals surface area (Å²) in [7, 11) is 0. The third-order valence-electron chi connectivity index (χ3n) is 2.71. The van der Waals surface area contributed by atoms with Crippen LogP contribution in [0.25, 0.3) is 0 Å². The van der Waals surface area contributed by atoms with Crippen LogP contribution in [0.3, 0.4) is 0 Å². The van der Waals surface area contributed by atoms with Crippen molar-refractivity contribution in [3.63, 3.8) is 0 Å². The van der Waals surface area contributed by atoms with E-state index in [1.807, 2.05) is 6.08 Å². The van der Waals surface area contributed by atoms with Crippen molar-refractivity contribution >= 4 is 0 Å². The maximum Gasteiger partial charge on any atom is 0.0848 e. The van der Waals surface area contributed by atoms with Crippen molar-refractivity contribution in [3.05, 3.63) is 12.2 Å². The number of β-amino-alcohol motifs (C(OH)–C–C–N with tert-alkyl or cyclic N) is 1. The number of hydrogen-bond donors (Lipinski definition) is 1. The first-order valence-electron chi connectivity index (χ1n) is 4.45. The van der Waals surface area contributed by atoms with Crippen molar-refractivity contribution in [2.75, 3.05) is 13.1 Å². The molecule has 0 aromatic heterocycles. The summed E-state index contributed by atoms with van der Waals surface area (Å²) in [6, 6.07) is 0.773. The van der Waals surface area contributed by atoms with E-state index in [1.54, 1.807) is 0 Å². The van der Waals surface area contributed by atoms with Gasteiger partial charge in [-0.1, -0.05) is 18.6 Å². The highest BCUT2D eigenvalue weighted by molar-refractivity contribution is 4.99. The standard InChI is InChI=1S/C9H15NO/c11-9-5-2-6-10(7-9)8-3-1-4-8/h2,5,8-9,11H,1,3-4,6-7H2/t9-/m0/s1. The van der Waals surface area contributed by atoms with E-state index < -0.39 is 0 Å². The Hall–Kier alpha value is -0.340. The number of aliphatic hydroxyl groups excluding tert-OH is 1. The van der Waals surface area contributed by atoms with Gasteiger partial charge < -0.3 is 5.11 Å². The molecular weight excluding hydrogens is 138 g/mol. The Morgan fingerprint density at radius 1 is 1.36 bits per heavy atom. The Morgan fingerprint density at radius 2 is 2.18 bits per heavy atom. The maximum absolute atomic E-state index is 9.32. The van der Waals surface area contributed by atoms with Crippen molar-refractivity contribution in [1.29, 1.82) is 0 Å². The number of nitrogens with zero attached hydrogens (tertiary/aromatic N) is 1. The second kappa shape index (κ2) is 2.95.